The third kappa shape index (κ3) is 2.87. The summed E-state index contributed by atoms with van der Waals surface area (Å²) >= 11 is 0. The SMILES string of the molecule is CCP(=O)(CC)NC(N)=O. The lowest BCUT2D eigenvalue weighted by Gasteiger charge is -2.13. The molecule has 10 heavy (non-hydrogen) atoms. The summed E-state index contributed by atoms with van der Waals surface area (Å²) < 4.78 is 11.3. The average Bonchev–Trinajstić information content (AvgIpc) is 1.87. The van der Waals surface area contributed by atoms with Gasteiger partial charge in [-0.25, -0.2) is 4.79 Å². The Balaban J connectivity index is 4.07. The van der Waals surface area contributed by atoms with Gasteiger partial charge in [0.1, 0.15) is 0 Å². The summed E-state index contributed by atoms with van der Waals surface area (Å²) in [6, 6.07) is -0.702. The van der Waals surface area contributed by atoms with Crippen LogP contribution in [0.15, 0.2) is 0 Å². The van der Waals surface area contributed by atoms with Crippen LogP contribution in [0, 0.1) is 0 Å². The molecule has 60 valence electrons. The molecule has 0 spiro atoms. The molecule has 0 fully saturated rings. The summed E-state index contributed by atoms with van der Waals surface area (Å²) in [5, 5.41) is 2.25. The van der Waals surface area contributed by atoms with Crippen molar-refractivity contribution < 1.29 is 9.36 Å². The van der Waals surface area contributed by atoms with E-state index in [9.17, 15) is 9.36 Å². The Bertz CT molecular complexity index is 161. The maximum Gasteiger partial charge on any atom is 0.317 e. The van der Waals surface area contributed by atoms with Crippen LogP contribution in [-0.4, -0.2) is 18.4 Å². The Morgan fingerprint density at radius 1 is 1.50 bits per heavy atom. The van der Waals surface area contributed by atoms with Crippen LogP contribution in [0.5, 0.6) is 0 Å². The molecule has 0 saturated carbocycles. The van der Waals surface area contributed by atoms with Gasteiger partial charge >= 0.3 is 6.03 Å². The molecule has 0 saturated heterocycles. The first-order valence-electron chi connectivity index (χ1n) is 3.20. The van der Waals surface area contributed by atoms with Crippen molar-refractivity contribution in [3.63, 3.8) is 0 Å². The molecule has 0 radical (unpaired) electrons. The van der Waals surface area contributed by atoms with E-state index < -0.39 is 13.3 Å². The van der Waals surface area contributed by atoms with E-state index in [1.807, 2.05) is 0 Å². The van der Waals surface area contributed by atoms with Crippen molar-refractivity contribution in [1.29, 1.82) is 0 Å². The largest absolute Gasteiger partial charge is 0.351 e. The second-order valence-electron chi connectivity index (χ2n) is 2.00. The van der Waals surface area contributed by atoms with Crippen molar-refractivity contribution >= 4 is 13.3 Å². The molecular formula is C5H13N2O2P. The summed E-state index contributed by atoms with van der Waals surface area (Å²) in [7, 11) is -2.46. The number of primary amides is 1. The fraction of sp³-hybridized carbons (Fsp3) is 0.800. The quantitative estimate of drug-likeness (QED) is 0.610. The lowest BCUT2D eigenvalue weighted by molar-refractivity contribution is 0.253. The van der Waals surface area contributed by atoms with Crippen LogP contribution >= 0.6 is 7.29 Å². The van der Waals surface area contributed by atoms with Gasteiger partial charge in [-0.3, -0.25) is 5.09 Å². The minimum atomic E-state index is -2.46. The van der Waals surface area contributed by atoms with Crippen molar-refractivity contribution in [2.24, 2.45) is 5.73 Å². The molecule has 0 rings (SSSR count). The molecule has 5 heteroatoms. The number of carbonyl (C=O) groups is 1. The molecule has 0 aromatic rings. The molecule has 0 heterocycles. The minimum absolute atomic E-state index is 0.465. The van der Waals surface area contributed by atoms with E-state index in [1.165, 1.54) is 0 Å². The molecule has 2 amide bonds. The van der Waals surface area contributed by atoms with Gasteiger partial charge in [0.25, 0.3) is 0 Å². The third-order valence-electron chi connectivity index (χ3n) is 1.34. The molecule has 0 aliphatic carbocycles. The highest BCUT2D eigenvalue weighted by molar-refractivity contribution is 7.62. The van der Waals surface area contributed by atoms with Gasteiger partial charge in [0.15, 0.2) is 7.29 Å². The third-order valence-corrected chi connectivity index (χ3v) is 4.01. The minimum Gasteiger partial charge on any atom is -0.351 e. The van der Waals surface area contributed by atoms with Gasteiger partial charge in [-0.15, -0.1) is 0 Å². The molecule has 0 unspecified atom stereocenters. The molecule has 0 aliphatic rings. The average molecular weight is 164 g/mol. The molecular weight excluding hydrogens is 151 g/mol. The lowest BCUT2D eigenvalue weighted by atomic mass is 11.0. The zero-order valence-corrected chi connectivity index (χ0v) is 7.15. The molecule has 0 aromatic carbocycles. The number of nitrogens with one attached hydrogen (secondary N) is 1. The second kappa shape index (κ2) is 3.62. The maximum atomic E-state index is 11.3. The van der Waals surface area contributed by atoms with E-state index >= 15 is 0 Å². The van der Waals surface area contributed by atoms with Crippen LogP contribution < -0.4 is 10.8 Å². The number of nitrogens with two attached hydrogens (primary N) is 1. The van der Waals surface area contributed by atoms with Crippen LogP contribution in [0.25, 0.3) is 0 Å². The zero-order chi connectivity index (χ0) is 8.20. The highest BCUT2D eigenvalue weighted by Crippen LogP contribution is 2.38. The summed E-state index contributed by atoms with van der Waals surface area (Å²) in [4.78, 5) is 10.3. The molecule has 0 bridgehead atoms. The van der Waals surface area contributed by atoms with Crippen molar-refractivity contribution in [3.8, 4) is 0 Å². The standard InChI is InChI=1S/C5H13N2O2P/c1-3-10(9,4-2)7-5(6)8/h3-4H2,1-2H3,(H3,6,7,8,9). The molecule has 0 atom stereocenters. The van der Waals surface area contributed by atoms with E-state index in [0.29, 0.717) is 12.3 Å². The van der Waals surface area contributed by atoms with Crippen LogP contribution in [0.3, 0.4) is 0 Å². The van der Waals surface area contributed by atoms with Gasteiger partial charge in [-0.1, -0.05) is 13.8 Å². The van der Waals surface area contributed by atoms with Gasteiger partial charge in [-0.05, 0) is 0 Å². The Morgan fingerprint density at radius 2 is 1.90 bits per heavy atom. The van der Waals surface area contributed by atoms with Crippen molar-refractivity contribution in [2.75, 3.05) is 12.3 Å². The molecule has 4 nitrogen and oxygen atoms in total. The van der Waals surface area contributed by atoms with Gasteiger partial charge in [0.05, 0.1) is 0 Å². The van der Waals surface area contributed by atoms with E-state index in [2.05, 4.69) is 5.09 Å². The van der Waals surface area contributed by atoms with Crippen molar-refractivity contribution in [2.45, 2.75) is 13.8 Å². The van der Waals surface area contributed by atoms with Crippen LogP contribution in [0.2, 0.25) is 0 Å². The Morgan fingerprint density at radius 3 is 2.00 bits per heavy atom. The zero-order valence-electron chi connectivity index (χ0n) is 6.26. The van der Waals surface area contributed by atoms with Crippen molar-refractivity contribution in [3.05, 3.63) is 0 Å². The van der Waals surface area contributed by atoms with Crippen LogP contribution in [-0.2, 0) is 4.57 Å². The number of hydrogen-bond donors (Lipinski definition) is 2. The summed E-state index contributed by atoms with van der Waals surface area (Å²) in [6.07, 6.45) is 0.929. The Kier molecular flexibility index (Phi) is 3.43. The second-order valence-corrected chi connectivity index (χ2v) is 5.26. The molecule has 0 aromatic heterocycles. The number of hydrogen-bond acceptors (Lipinski definition) is 2. The highest BCUT2D eigenvalue weighted by atomic mass is 31.2. The summed E-state index contributed by atoms with van der Waals surface area (Å²) in [5.41, 5.74) is 4.81. The normalized spacial score (nSPS) is 11.0. The van der Waals surface area contributed by atoms with Crippen LogP contribution in [0.1, 0.15) is 13.8 Å². The van der Waals surface area contributed by atoms with E-state index in [1.54, 1.807) is 13.8 Å². The summed E-state index contributed by atoms with van der Waals surface area (Å²) in [6.45, 7) is 3.53. The Labute approximate surface area is 60.6 Å². The predicted molar refractivity (Wildman–Crippen MR) is 41.4 cm³/mol. The number of urea groups is 1. The van der Waals surface area contributed by atoms with Crippen molar-refractivity contribution in [1.82, 2.24) is 5.09 Å². The van der Waals surface area contributed by atoms with E-state index in [4.69, 9.17) is 5.73 Å². The predicted octanol–water partition coefficient (Wildman–Crippen LogP) is 0.973. The maximum absolute atomic E-state index is 11.3. The monoisotopic (exact) mass is 164 g/mol. The topological polar surface area (TPSA) is 72.2 Å². The van der Waals surface area contributed by atoms with Gasteiger partial charge in [0, 0.05) is 12.3 Å². The fourth-order valence-electron chi connectivity index (χ4n) is 0.583. The van der Waals surface area contributed by atoms with Gasteiger partial charge in [-0.2, -0.15) is 0 Å². The van der Waals surface area contributed by atoms with Gasteiger partial charge < -0.3 is 10.3 Å². The first-order chi connectivity index (χ1) is 4.54. The first-order valence-corrected chi connectivity index (χ1v) is 5.27. The molecule has 3 N–H and O–H groups in total. The number of carbonyl (C=O) groups excluding carboxylic acids is 1. The number of amides is 2. The van der Waals surface area contributed by atoms with E-state index in [-0.39, 0.29) is 0 Å². The molecule has 0 aliphatic heterocycles. The highest BCUT2D eigenvalue weighted by Gasteiger charge is 2.17. The Hall–Kier alpha value is -0.500. The smallest absolute Gasteiger partial charge is 0.317 e. The van der Waals surface area contributed by atoms with Gasteiger partial charge in [0.2, 0.25) is 0 Å². The van der Waals surface area contributed by atoms with Crippen LogP contribution in [0.4, 0.5) is 4.79 Å². The lowest BCUT2D eigenvalue weighted by Crippen LogP contribution is -2.28. The number of rotatable bonds is 3. The summed E-state index contributed by atoms with van der Waals surface area (Å²) in [5.74, 6) is 0. The fourth-order valence-corrected chi connectivity index (χ4v) is 1.75. The first kappa shape index (κ1) is 9.50. The van der Waals surface area contributed by atoms with E-state index in [0.717, 1.165) is 0 Å².